The SMILES string of the molecule is O=C1c2ccccc2-n2c1nc1cc(F)ccc1c2=O. The van der Waals surface area contributed by atoms with E-state index < -0.39 is 5.82 Å². The maximum Gasteiger partial charge on any atom is 0.266 e. The van der Waals surface area contributed by atoms with E-state index in [0.717, 1.165) is 6.07 Å². The quantitative estimate of drug-likeness (QED) is 0.489. The van der Waals surface area contributed by atoms with Crippen LogP contribution in [0.15, 0.2) is 47.3 Å². The van der Waals surface area contributed by atoms with Crippen LogP contribution in [0.3, 0.4) is 0 Å². The fourth-order valence-electron chi connectivity index (χ4n) is 2.52. The van der Waals surface area contributed by atoms with Gasteiger partial charge in [0.15, 0.2) is 5.82 Å². The van der Waals surface area contributed by atoms with Crippen molar-refractivity contribution in [3.05, 3.63) is 70.0 Å². The van der Waals surface area contributed by atoms with E-state index in [9.17, 15) is 14.0 Å². The number of halogens is 1. The van der Waals surface area contributed by atoms with Gasteiger partial charge in [-0.25, -0.2) is 9.37 Å². The standard InChI is InChI=1S/C15H7FN2O2/c16-8-5-6-9-11(7-8)17-14-13(19)10-3-1-2-4-12(10)18(14)15(9)20/h1-7H. The first-order valence-corrected chi connectivity index (χ1v) is 6.03. The van der Waals surface area contributed by atoms with Gasteiger partial charge in [-0.3, -0.25) is 14.2 Å². The summed E-state index contributed by atoms with van der Waals surface area (Å²) in [6.07, 6.45) is 0. The van der Waals surface area contributed by atoms with Crippen LogP contribution < -0.4 is 5.56 Å². The molecule has 0 radical (unpaired) electrons. The maximum absolute atomic E-state index is 13.2. The van der Waals surface area contributed by atoms with Gasteiger partial charge in [0.2, 0.25) is 5.78 Å². The summed E-state index contributed by atoms with van der Waals surface area (Å²) < 4.78 is 14.5. The van der Waals surface area contributed by atoms with Crippen LogP contribution in [0, 0.1) is 5.82 Å². The van der Waals surface area contributed by atoms with Crippen LogP contribution in [-0.4, -0.2) is 15.3 Å². The van der Waals surface area contributed by atoms with Crippen molar-refractivity contribution in [1.82, 2.24) is 9.55 Å². The lowest BCUT2D eigenvalue weighted by atomic mass is 10.1. The van der Waals surface area contributed by atoms with Crippen LogP contribution in [-0.2, 0) is 0 Å². The molecule has 0 fully saturated rings. The zero-order chi connectivity index (χ0) is 13.9. The molecule has 1 aromatic heterocycles. The average molecular weight is 266 g/mol. The summed E-state index contributed by atoms with van der Waals surface area (Å²) in [7, 11) is 0. The second-order valence-corrected chi connectivity index (χ2v) is 4.58. The normalized spacial score (nSPS) is 12.6. The smallest absolute Gasteiger partial charge is 0.266 e. The van der Waals surface area contributed by atoms with Gasteiger partial charge in [0.25, 0.3) is 5.56 Å². The Labute approximate surface area is 112 Å². The summed E-state index contributed by atoms with van der Waals surface area (Å²) in [6, 6.07) is 10.6. The third-order valence-corrected chi connectivity index (χ3v) is 3.42. The van der Waals surface area contributed by atoms with Gasteiger partial charge in [-0.2, -0.15) is 0 Å². The highest BCUT2D eigenvalue weighted by Crippen LogP contribution is 2.25. The molecule has 2 aromatic carbocycles. The Hall–Kier alpha value is -2.82. The molecule has 0 unspecified atom stereocenters. The monoisotopic (exact) mass is 266 g/mol. The van der Waals surface area contributed by atoms with Crippen molar-refractivity contribution in [1.29, 1.82) is 0 Å². The van der Waals surface area contributed by atoms with Gasteiger partial charge in [-0.1, -0.05) is 12.1 Å². The van der Waals surface area contributed by atoms with Gasteiger partial charge in [0.05, 0.1) is 22.2 Å². The van der Waals surface area contributed by atoms with Gasteiger partial charge >= 0.3 is 0 Å². The van der Waals surface area contributed by atoms with Crippen molar-refractivity contribution >= 4 is 16.7 Å². The van der Waals surface area contributed by atoms with E-state index in [1.165, 1.54) is 16.7 Å². The van der Waals surface area contributed by atoms with Crippen molar-refractivity contribution in [3.8, 4) is 5.69 Å². The first kappa shape index (κ1) is 11.0. The van der Waals surface area contributed by atoms with E-state index >= 15 is 0 Å². The predicted octanol–water partition coefficient (Wildman–Crippen LogP) is 2.07. The van der Waals surface area contributed by atoms with Gasteiger partial charge in [-0.05, 0) is 24.3 Å². The Morgan fingerprint density at radius 3 is 2.70 bits per heavy atom. The van der Waals surface area contributed by atoms with Crippen molar-refractivity contribution in [2.45, 2.75) is 0 Å². The lowest BCUT2D eigenvalue weighted by molar-refractivity contribution is 0.103. The molecule has 0 saturated carbocycles. The molecule has 3 aromatic rings. The molecule has 0 atom stereocenters. The molecule has 0 N–H and O–H groups in total. The molecule has 0 spiro atoms. The zero-order valence-corrected chi connectivity index (χ0v) is 10.1. The first-order valence-electron chi connectivity index (χ1n) is 6.03. The van der Waals surface area contributed by atoms with Crippen LogP contribution in [0.2, 0.25) is 0 Å². The van der Waals surface area contributed by atoms with Gasteiger partial charge in [0, 0.05) is 6.07 Å². The Morgan fingerprint density at radius 1 is 1.05 bits per heavy atom. The van der Waals surface area contributed by atoms with Gasteiger partial charge < -0.3 is 0 Å². The summed E-state index contributed by atoms with van der Waals surface area (Å²) in [6.45, 7) is 0. The molecular weight excluding hydrogens is 259 g/mol. The first-order chi connectivity index (χ1) is 9.66. The highest BCUT2D eigenvalue weighted by Gasteiger charge is 2.29. The van der Waals surface area contributed by atoms with E-state index in [1.807, 2.05) is 0 Å². The number of para-hydroxylation sites is 1. The number of aromatic nitrogens is 2. The lowest BCUT2D eigenvalue weighted by Gasteiger charge is -2.05. The minimum absolute atomic E-state index is 0.0364. The second-order valence-electron chi connectivity index (χ2n) is 4.58. The summed E-state index contributed by atoms with van der Waals surface area (Å²) in [4.78, 5) is 28.9. The van der Waals surface area contributed by atoms with Gasteiger partial charge in [-0.15, -0.1) is 0 Å². The van der Waals surface area contributed by atoms with E-state index in [0.29, 0.717) is 16.6 Å². The third kappa shape index (κ3) is 1.26. The number of rotatable bonds is 0. The van der Waals surface area contributed by atoms with Crippen LogP contribution in [0.1, 0.15) is 16.2 Å². The fourth-order valence-corrected chi connectivity index (χ4v) is 2.52. The zero-order valence-electron chi connectivity index (χ0n) is 10.1. The summed E-state index contributed by atoms with van der Waals surface area (Å²) in [5, 5.41) is 0.291. The van der Waals surface area contributed by atoms with Crippen LogP contribution in [0.25, 0.3) is 16.6 Å². The highest BCUT2D eigenvalue weighted by atomic mass is 19.1. The third-order valence-electron chi connectivity index (χ3n) is 3.42. The van der Waals surface area contributed by atoms with E-state index in [2.05, 4.69) is 4.98 Å². The van der Waals surface area contributed by atoms with E-state index in [-0.39, 0.29) is 22.7 Å². The Kier molecular flexibility index (Phi) is 1.99. The minimum Gasteiger partial charge on any atom is -0.285 e. The molecular formula is C15H7FN2O2. The summed E-state index contributed by atoms with van der Waals surface area (Å²) in [5.41, 5.74) is 0.801. The summed E-state index contributed by atoms with van der Waals surface area (Å²) in [5.74, 6) is -0.768. The molecule has 2 heterocycles. The number of carbonyl (C=O) groups excluding carboxylic acids is 1. The van der Waals surface area contributed by atoms with E-state index in [4.69, 9.17) is 0 Å². The minimum atomic E-state index is -0.489. The number of carbonyl (C=O) groups is 1. The van der Waals surface area contributed by atoms with Crippen molar-refractivity contribution in [2.24, 2.45) is 0 Å². The van der Waals surface area contributed by atoms with Crippen molar-refractivity contribution in [3.63, 3.8) is 0 Å². The number of benzene rings is 2. The van der Waals surface area contributed by atoms with Crippen molar-refractivity contribution in [2.75, 3.05) is 0 Å². The molecule has 20 heavy (non-hydrogen) atoms. The number of nitrogens with zero attached hydrogens (tertiary/aromatic N) is 2. The molecule has 4 rings (SSSR count). The average Bonchev–Trinajstić information content (AvgIpc) is 2.73. The number of hydrogen-bond acceptors (Lipinski definition) is 3. The molecule has 0 amide bonds. The molecule has 1 aliphatic rings. The fraction of sp³-hybridized carbons (Fsp3) is 0. The van der Waals surface area contributed by atoms with E-state index in [1.54, 1.807) is 24.3 Å². The highest BCUT2D eigenvalue weighted by molar-refractivity contribution is 6.13. The van der Waals surface area contributed by atoms with Crippen LogP contribution in [0.4, 0.5) is 4.39 Å². The van der Waals surface area contributed by atoms with Crippen molar-refractivity contribution < 1.29 is 9.18 Å². The van der Waals surface area contributed by atoms with Crippen LogP contribution >= 0.6 is 0 Å². The molecule has 0 bridgehead atoms. The molecule has 96 valence electrons. The number of fused-ring (bicyclic) bond motifs is 4. The van der Waals surface area contributed by atoms with Gasteiger partial charge in [0.1, 0.15) is 5.82 Å². The maximum atomic E-state index is 13.2. The van der Waals surface area contributed by atoms with Crippen LogP contribution in [0.5, 0.6) is 0 Å². The summed E-state index contributed by atoms with van der Waals surface area (Å²) >= 11 is 0. The number of ketones is 1. The molecule has 4 nitrogen and oxygen atoms in total. The Bertz CT molecular complexity index is 960. The topological polar surface area (TPSA) is 52.0 Å². The second kappa shape index (κ2) is 3.60. The molecule has 1 aliphatic heterocycles. The number of hydrogen-bond donors (Lipinski definition) is 0. The largest absolute Gasteiger partial charge is 0.285 e. The Balaban J connectivity index is 2.21. The Morgan fingerprint density at radius 2 is 1.85 bits per heavy atom. The molecule has 0 aliphatic carbocycles. The molecule has 0 saturated heterocycles. The molecule has 5 heteroatoms. The lowest BCUT2D eigenvalue weighted by Crippen LogP contribution is -2.21. The predicted molar refractivity (Wildman–Crippen MR) is 70.7 cm³/mol.